The monoisotopic (exact) mass is 204 g/mol. The van der Waals surface area contributed by atoms with Gasteiger partial charge < -0.3 is 9.88 Å². The van der Waals surface area contributed by atoms with Crippen LogP contribution in [0.2, 0.25) is 0 Å². The third-order valence-corrected chi connectivity index (χ3v) is 3.38. The summed E-state index contributed by atoms with van der Waals surface area (Å²) in [5, 5.41) is 3.39. The molecule has 0 spiro atoms. The fourth-order valence-electron chi connectivity index (χ4n) is 2.38. The molecule has 1 atom stereocenters. The highest BCUT2D eigenvalue weighted by atomic mass is 16.1. The lowest BCUT2D eigenvalue weighted by molar-refractivity contribution is 0.613. The van der Waals surface area contributed by atoms with E-state index in [2.05, 4.69) is 5.32 Å². The Hall–Kier alpha value is -1.09. The molecule has 1 aromatic heterocycles. The van der Waals surface area contributed by atoms with Crippen LogP contribution in [0.3, 0.4) is 0 Å². The number of pyridine rings is 1. The Balaban J connectivity index is 1.99. The molecule has 80 valence electrons. The molecule has 1 aliphatic carbocycles. The van der Waals surface area contributed by atoms with Crippen molar-refractivity contribution in [3.05, 3.63) is 34.2 Å². The normalized spacial score (nSPS) is 25.7. The molecule has 1 aliphatic heterocycles. The number of nitrogens with zero attached hydrogens (tertiary/aromatic N) is 1. The SMILES string of the molecule is O=c1c(C2CCCN2)cccn1C1CC1. The van der Waals surface area contributed by atoms with Gasteiger partial charge in [-0.3, -0.25) is 4.79 Å². The summed E-state index contributed by atoms with van der Waals surface area (Å²) in [6, 6.07) is 4.77. The van der Waals surface area contributed by atoms with Crippen LogP contribution in [0.15, 0.2) is 23.1 Å². The summed E-state index contributed by atoms with van der Waals surface area (Å²) in [6.45, 7) is 1.04. The second-order valence-electron chi connectivity index (χ2n) is 4.56. The first-order valence-corrected chi connectivity index (χ1v) is 5.81. The lowest BCUT2D eigenvalue weighted by atomic mass is 10.1. The Kier molecular flexibility index (Phi) is 2.13. The fraction of sp³-hybridized carbons (Fsp3) is 0.583. The Bertz CT molecular complexity index is 414. The molecule has 1 N–H and O–H groups in total. The maximum Gasteiger partial charge on any atom is 0.255 e. The largest absolute Gasteiger partial charge is 0.312 e. The molecular formula is C12H16N2O. The molecule has 15 heavy (non-hydrogen) atoms. The van der Waals surface area contributed by atoms with Gasteiger partial charge in [-0.25, -0.2) is 0 Å². The lowest BCUT2D eigenvalue weighted by Gasteiger charge is -2.12. The van der Waals surface area contributed by atoms with Gasteiger partial charge in [0.05, 0.1) is 0 Å². The molecule has 1 unspecified atom stereocenters. The molecule has 2 aliphatic rings. The van der Waals surface area contributed by atoms with Crippen LogP contribution in [-0.2, 0) is 0 Å². The lowest BCUT2D eigenvalue weighted by Crippen LogP contribution is -2.27. The number of hydrogen-bond donors (Lipinski definition) is 1. The van der Waals surface area contributed by atoms with E-state index in [4.69, 9.17) is 0 Å². The maximum absolute atomic E-state index is 12.2. The molecule has 1 aromatic rings. The van der Waals surface area contributed by atoms with E-state index in [-0.39, 0.29) is 5.56 Å². The average molecular weight is 204 g/mol. The standard InChI is InChI=1S/C12H16N2O/c15-12-10(11-4-1-7-13-11)3-2-8-14(12)9-5-6-9/h2-3,8-9,11,13H,1,4-7H2. The highest BCUT2D eigenvalue weighted by molar-refractivity contribution is 5.17. The molecule has 0 bridgehead atoms. The second kappa shape index (κ2) is 3.49. The summed E-state index contributed by atoms with van der Waals surface area (Å²) >= 11 is 0. The quantitative estimate of drug-likeness (QED) is 0.794. The summed E-state index contributed by atoms with van der Waals surface area (Å²) in [5.41, 5.74) is 1.18. The molecule has 2 fully saturated rings. The topological polar surface area (TPSA) is 34.0 Å². The minimum Gasteiger partial charge on any atom is -0.312 e. The van der Waals surface area contributed by atoms with Crippen LogP contribution in [0, 0.1) is 0 Å². The zero-order valence-electron chi connectivity index (χ0n) is 8.78. The minimum absolute atomic E-state index is 0.222. The molecule has 1 saturated carbocycles. The van der Waals surface area contributed by atoms with Crippen molar-refractivity contribution in [3.63, 3.8) is 0 Å². The van der Waals surface area contributed by atoms with Crippen LogP contribution in [0.4, 0.5) is 0 Å². The minimum atomic E-state index is 0.222. The summed E-state index contributed by atoms with van der Waals surface area (Å²) in [4.78, 5) is 12.2. The van der Waals surface area contributed by atoms with Crippen molar-refractivity contribution in [2.75, 3.05) is 6.54 Å². The van der Waals surface area contributed by atoms with Crippen molar-refractivity contribution in [1.82, 2.24) is 9.88 Å². The zero-order valence-corrected chi connectivity index (χ0v) is 8.78. The number of rotatable bonds is 2. The van der Waals surface area contributed by atoms with Crippen LogP contribution < -0.4 is 10.9 Å². The van der Waals surface area contributed by atoms with Gasteiger partial charge in [-0.15, -0.1) is 0 Å². The van der Waals surface area contributed by atoms with Gasteiger partial charge in [0.2, 0.25) is 0 Å². The third kappa shape index (κ3) is 1.61. The van der Waals surface area contributed by atoms with Crippen molar-refractivity contribution in [2.45, 2.75) is 37.8 Å². The summed E-state index contributed by atoms with van der Waals surface area (Å²) in [7, 11) is 0. The molecule has 1 saturated heterocycles. The van der Waals surface area contributed by atoms with Crippen molar-refractivity contribution in [3.8, 4) is 0 Å². The van der Waals surface area contributed by atoms with Crippen molar-refractivity contribution < 1.29 is 0 Å². The van der Waals surface area contributed by atoms with Gasteiger partial charge in [0.15, 0.2) is 0 Å². The fourth-order valence-corrected chi connectivity index (χ4v) is 2.38. The van der Waals surface area contributed by atoms with E-state index >= 15 is 0 Å². The first-order chi connectivity index (χ1) is 7.36. The van der Waals surface area contributed by atoms with Crippen molar-refractivity contribution in [1.29, 1.82) is 0 Å². The summed E-state index contributed by atoms with van der Waals surface area (Å²) in [6.07, 6.45) is 6.55. The van der Waals surface area contributed by atoms with Gasteiger partial charge in [0.25, 0.3) is 5.56 Å². The second-order valence-corrected chi connectivity index (χ2v) is 4.56. The molecule has 0 radical (unpaired) electrons. The molecule has 0 aromatic carbocycles. The van der Waals surface area contributed by atoms with Gasteiger partial charge in [-0.2, -0.15) is 0 Å². The molecule has 2 heterocycles. The van der Waals surface area contributed by atoms with E-state index in [0.29, 0.717) is 12.1 Å². The summed E-state index contributed by atoms with van der Waals surface area (Å²) < 4.78 is 1.91. The Morgan fingerprint density at radius 1 is 1.33 bits per heavy atom. The summed E-state index contributed by atoms with van der Waals surface area (Å²) in [5.74, 6) is 0. The van der Waals surface area contributed by atoms with Crippen LogP contribution >= 0.6 is 0 Å². The van der Waals surface area contributed by atoms with Crippen LogP contribution in [0.1, 0.15) is 43.3 Å². The van der Waals surface area contributed by atoms with Gasteiger partial charge in [-0.1, -0.05) is 6.07 Å². The maximum atomic E-state index is 12.2. The Morgan fingerprint density at radius 2 is 2.20 bits per heavy atom. The van der Waals surface area contributed by atoms with Crippen LogP contribution in [0.5, 0.6) is 0 Å². The van der Waals surface area contributed by atoms with E-state index in [9.17, 15) is 4.79 Å². The van der Waals surface area contributed by atoms with Gasteiger partial charge >= 0.3 is 0 Å². The van der Waals surface area contributed by atoms with E-state index in [1.54, 1.807) is 0 Å². The predicted octanol–water partition coefficient (Wildman–Crippen LogP) is 1.61. The molecule has 3 nitrogen and oxygen atoms in total. The Labute approximate surface area is 89.1 Å². The van der Waals surface area contributed by atoms with E-state index in [1.807, 2.05) is 22.9 Å². The van der Waals surface area contributed by atoms with E-state index < -0.39 is 0 Å². The first-order valence-electron chi connectivity index (χ1n) is 5.81. The zero-order chi connectivity index (χ0) is 10.3. The Morgan fingerprint density at radius 3 is 2.87 bits per heavy atom. The predicted molar refractivity (Wildman–Crippen MR) is 59.0 cm³/mol. The number of hydrogen-bond acceptors (Lipinski definition) is 2. The molecule has 3 heteroatoms. The molecular weight excluding hydrogens is 188 g/mol. The number of aromatic nitrogens is 1. The number of nitrogens with one attached hydrogen (secondary N) is 1. The molecule has 3 rings (SSSR count). The van der Waals surface area contributed by atoms with E-state index in [0.717, 1.165) is 18.5 Å². The van der Waals surface area contributed by atoms with Crippen molar-refractivity contribution >= 4 is 0 Å². The van der Waals surface area contributed by atoms with Crippen molar-refractivity contribution in [2.24, 2.45) is 0 Å². The highest BCUT2D eigenvalue weighted by Gasteiger charge is 2.26. The highest BCUT2D eigenvalue weighted by Crippen LogP contribution is 2.33. The van der Waals surface area contributed by atoms with E-state index in [1.165, 1.54) is 19.3 Å². The van der Waals surface area contributed by atoms with Gasteiger partial charge in [0, 0.05) is 23.8 Å². The van der Waals surface area contributed by atoms with Gasteiger partial charge in [-0.05, 0) is 38.3 Å². The van der Waals surface area contributed by atoms with Gasteiger partial charge in [0.1, 0.15) is 0 Å². The van der Waals surface area contributed by atoms with Crippen LogP contribution in [-0.4, -0.2) is 11.1 Å². The van der Waals surface area contributed by atoms with Crippen LogP contribution in [0.25, 0.3) is 0 Å². The smallest absolute Gasteiger partial charge is 0.255 e. The first kappa shape index (κ1) is 9.16. The molecule has 0 amide bonds. The average Bonchev–Trinajstić information content (AvgIpc) is 2.94. The third-order valence-electron chi connectivity index (χ3n) is 3.38.